The third-order valence-electron chi connectivity index (χ3n) is 9.07. The summed E-state index contributed by atoms with van der Waals surface area (Å²) < 4.78 is 14.1. The zero-order valence-electron chi connectivity index (χ0n) is 23.5. The first-order valence-corrected chi connectivity index (χ1v) is 14.8. The molecule has 0 bridgehead atoms. The number of fused-ring (bicyclic) bond motifs is 2. The highest BCUT2D eigenvalue weighted by Gasteiger charge is 2.30. The van der Waals surface area contributed by atoms with E-state index in [1.54, 1.807) is 6.07 Å². The molecular formula is C33H36N4O4. The van der Waals surface area contributed by atoms with Crippen LogP contribution in [-0.4, -0.2) is 62.9 Å². The van der Waals surface area contributed by atoms with Gasteiger partial charge in [-0.1, -0.05) is 42.0 Å². The Morgan fingerprint density at radius 1 is 1.00 bits per heavy atom. The third-order valence-corrected chi connectivity index (χ3v) is 9.07. The van der Waals surface area contributed by atoms with E-state index in [1.807, 2.05) is 0 Å². The summed E-state index contributed by atoms with van der Waals surface area (Å²) in [7, 11) is 0. The summed E-state index contributed by atoms with van der Waals surface area (Å²) in [6.07, 6.45) is 4.31. The van der Waals surface area contributed by atoms with E-state index in [4.69, 9.17) is 14.5 Å². The Balaban J connectivity index is 1.07. The van der Waals surface area contributed by atoms with Gasteiger partial charge in [0.25, 0.3) is 0 Å². The molecule has 2 saturated heterocycles. The molecule has 3 aliphatic rings. The van der Waals surface area contributed by atoms with Crippen molar-refractivity contribution in [3.8, 4) is 5.75 Å². The first-order valence-electron chi connectivity index (χ1n) is 14.8. The molecule has 212 valence electrons. The van der Waals surface area contributed by atoms with Gasteiger partial charge in [-0.2, -0.15) is 0 Å². The Hall–Kier alpha value is -3.75. The van der Waals surface area contributed by atoms with Crippen molar-refractivity contribution in [2.75, 3.05) is 26.3 Å². The fraction of sp³-hybridized carbons (Fsp3) is 0.424. The van der Waals surface area contributed by atoms with Crippen LogP contribution in [0.15, 0.2) is 54.6 Å². The lowest BCUT2D eigenvalue weighted by molar-refractivity contribution is -0.0593. The van der Waals surface area contributed by atoms with E-state index < -0.39 is 5.97 Å². The molecule has 0 radical (unpaired) electrons. The number of hydrogen-bond acceptors (Lipinski definition) is 6. The first kappa shape index (κ1) is 26.2. The van der Waals surface area contributed by atoms with Gasteiger partial charge in [-0.05, 0) is 86.5 Å². The highest BCUT2D eigenvalue weighted by molar-refractivity contribution is 5.88. The van der Waals surface area contributed by atoms with Crippen LogP contribution < -0.4 is 4.74 Å². The number of carboxylic acids is 1. The normalized spacial score (nSPS) is 21.3. The van der Waals surface area contributed by atoms with E-state index in [0.29, 0.717) is 30.6 Å². The average Bonchev–Trinajstić information content (AvgIpc) is 3.31. The molecule has 7 rings (SSSR count). The number of hydrogen-bond donors (Lipinski definition) is 1. The van der Waals surface area contributed by atoms with Gasteiger partial charge in [-0.3, -0.25) is 4.90 Å². The van der Waals surface area contributed by atoms with Crippen LogP contribution in [-0.2, 0) is 24.2 Å². The van der Waals surface area contributed by atoms with E-state index in [2.05, 4.69) is 63.8 Å². The smallest absolute Gasteiger partial charge is 0.354 e. The van der Waals surface area contributed by atoms with Gasteiger partial charge in [0, 0.05) is 12.5 Å². The number of nitrogens with zero attached hydrogens (tertiary/aromatic N) is 4. The lowest BCUT2D eigenvalue weighted by atomic mass is 9.81. The van der Waals surface area contributed by atoms with Crippen molar-refractivity contribution in [3.05, 3.63) is 88.4 Å². The second kappa shape index (κ2) is 10.9. The number of likely N-dealkylation sites (tertiary alicyclic amines) is 1. The predicted octanol–water partition coefficient (Wildman–Crippen LogP) is 5.33. The van der Waals surface area contributed by atoms with E-state index in [9.17, 15) is 9.90 Å². The van der Waals surface area contributed by atoms with E-state index >= 15 is 0 Å². The summed E-state index contributed by atoms with van der Waals surface area (Å²) in [6.45, 7) is 6.95. The van der Waals surface area contributed by atoms with Gasteiger partial charge in [0.1, 0.15) is 17.1 Å². The molecule has 4 aromatic rings. The molecule has 0 amide bonds. The minimum absolute atomic E-state index is 0.0420. The summed E-state index contributed by atoms with van der Waals surface area (Å²) in [6, 6.07) is 18.8. The predicted molar refractivity (Wildman–Crippen MR) is 156 cm³/mol. The summed E-state index contributed by atoms with van der Waals surface area (Å²) in [5.74, 6) is 1.83. The van der Waals surface area contributed by atoms with Crippen molar-refractivity contribution in [2.24, 2.45) is 0 Å². The van der Waals surface area contributed by atoms with E-state index in [0.717, 1.165) is 69.1 Å². The maximum Gasteiger partial charge on any atom is 0.354 e. The molecule has 1 N–H and O–H groups in total. The Morgan fingerprint density at radius 2 is 1.80 bits per heavy atom. The first-order chi connectivity index (χ1) is 20.0. The molecule has 2 aromatic heterocycles. The van der Waals surface area contributed by atoms with Gasteiger partial charge in [0.15, 0.2) is 11.3 Å². The van der Waals surface area contributed by atoms with Gasteiger partial charge in [0.2, 0.25) is 0 Å². The molecule has 0 aliphatic carbocycles. The second-order valence-electron chi connectivity index (χ2n) is 11.8. The van der Waals surface area contributed by atoms with Crippen LogP contribution in [0.3, 0.4) is 0 Å². The topological polar surface area (TPSA) is 89.7 Å². The van der Waals surface area contributed by atoms with Crippen LogP contribution in [0.2, 0.25) is 0 Å². The molecule has 2 atom stereocenters. The van der Waals surface area contributed by atoms with Crippen molar-refractivity contribution < 1.29 is 19.4 Å². The number of carbonyl (C=O) groups is 1. The molecule has 0 spiro atoms. The van der Waals surface area contributed by atoms with Crippen molar-refractivity contribution >= 4 is 17.1 Å². The summed E-state index contributed by atoms with van der Waals surface area (Å²) in [4.78, 5) is 23.4. The quantitative estimate of drug-likeness (QED) is 0.332. The molecule has 2 unspecified atom stereocenters. The van der Waals surface area contributed by atoms with Crippen LogP contribution in [0, 0.1) is 6.92 Å². The Morgan fingerprint density at radius 3 is 2.54 bits per heavy atom. The number of imidazole rings is 1. The van der Waals surface area contributed by atoms with Gasteiger partial charge >= 0.3 is 5.97 Å². The number of carboxylic acid groups (broad SMARTS) is 1. The number of aromatic nitrogens is 3. The monoisotopic (exact) mass is 552 g/mol. The Bertz CT molecular complexity index is 1570. The number of aryl methyl sites for hydroxylation is 1. The Labute approximate surface area is 239 Å². The molecule has 41 heavy (non-hydrogen) atoms. The van der Waals surface area contributed by atoms with Crippen molar-refractivity contribution in [1.29, 1.82) is 0 Å². The summed E-state index contributed by atoms with van der Waals surface area (Å²) in [5.41, 5.74) is 6.87. The standard InChI is InChI=1S/C33H36N4O4/c1-21-5-7-22(8-6-21)24-17-27-26(3-2-4-30(27)41-20-24)23-11-14-36(15-12-23)19-31-34-28-9-10-29(33(38)39)35-32(28)37(31)18-25-13-16-40-25/h2-10,23-25H,11-20H2,1H3,(H,38,39). The van der Waals surface area contributed by atoms with Gasteiger partial charge in [0.05, 0.1) is 25.8 Å². The minimum atomic E-state index is -1.03. The zero-order chi connectivity index (χ0) is 27.9. The fourth-order valence-electron chi connectivity index (χ4n) is 6.58. The average molecular weight is 553 g/mol. The maximum atomic E-state index is 11.6. The van der Waals surface area contributed by atoms with Crippen molar-refractivity contribution in [1.82, 2.24) is 19.4 Å². The molecule has 2 fully saturated rings. The van der Waals surface area contributed by atoms with Gasteiger partial charge in [-0.15, -0.1) is 0 Å². The molecule has 8 nitrogen and oxygen atoms in total. The van der Waals surface area contributed by atoms with Crippen LogP contribution in [0.5, 0.6) is 5.75 Å². The molecule has 0 saturated carbocycles. The van der Waals surface area contributed by atoms with Crippen molar-refractivity contribution in [2.45, 2.75) is 63.6 Å². The van der Waals surface area contributed by atoms with Crippen molar-refractivity contribution in [3.63, 3.8) is 0 Å². The van der Waals surface area contributed by atoms with Gasteiger partial charge in [-0.25, -0.2) is 14.8 Å². The molecular weight excluding hydrogens is 516 g/mol. The van der Waals surface area contributed by atoms with Gasteiger partial charge < -0.3 is 19.1 Å². The van der Waals surface area contributed by atoms with E-state index in [-0.39, 0.29) is 11.8 Å². The number of ether oxygens (including phenoxy) is 2. The lowest BCUT2D eigenvalue weighted by Gasteiger charge is -2.35. The number of benzene rings is 2. The number of pyridine rings is 1. The third kappa shape index (κ3) is 5.22. The van der Waals surface area contributed by atoms with E-state index in [1.165, 1.54) is 28.3 Å². The highest BCUT2D eigenvalue weighted by Crippen LogP contribution is 2.40. The largest absolute Gasteiger partial charge is 0.493 e. The SMILES string of the molecule is Cc1ccc(C2COc3cccc(C4CCN(Cc5nc6ccc(C(=O)O)nc6n5CC5CCO5)CC4)c3C2)cc1. The van der Waals surface area contributed by atoms with Crippen LogP contribution in [0.25, 0.3) is 11.2 Å². The molecule has 2 aromatic carbocycles. The summed E-state index contributed by atoms with van der Waals surface area (Å²) >= 11 is 0. The maximum absolute atomic E-state index is 11.6. The van der Waals surface area contributed by atoms with Crippen LogP contribution in [0.4, 0.5) is 0 Å². The highest BCUT2D eigenvalue weighted by atomic mass is 16.5. The van der Waals surface area contributed by atoms with Crippen LogP contribution >= 0.6 is 0 Å². The molecule has 3 aliphatic heterocycles. The number of piperidine rings is 1. The fourth-order valence-corrected chi connectivity index (χ4v) is 6.58. The number of aromatic carboxylic acids is 1. The zero-order valence-corrected chi connectivity index (χ0v) is 23.5. The molecule has 5 heterocycles. The van der Waals surface area contributed by atoms with Crippen LogP contribution in [0.1, 0.15) is 69.7 Å². The summed E-state index contributed by atoms with van der Waals surface area (Å²) in [5, 5.41) is 9.48. The lowest BCUT2D eigenvalue weighted by Crippen LogP contribution is -2.35. The second-order valence-corrected chi connectivity index (χ2v) is 11.8. The Kier molecular flexibility index (Phi) is 6.96. The minimum Gasteiger partial charge on any atom is -0.493 e. The number of rotatable bonds is 7. The molecule has 8 heteroatoms.